The third kappa shape index (κ3) is 3.26. The van der Waals surface area contributed by atoms with Gasteiger partial charge in [-0.1, -0.05) is 6.07 Å². The molecule has 3 N–H and O–H groups in total. The maximum Gasteiger partial charge on any atom is 0.261 e. The minimum atomic E-state index is -3.72. The Kier molecular flexibility index (Phi) is 4.02. The van der Waals surface area contributed by atoms with Crippen LogP contribution in [0.1, 0.15) is 12.6 Å². The SMILES string of the molecule is CC(=O)Nc1ccc(S(=O)(=O)Nc2cccc3[nH]c(C)cc23)cc1. The lowest BCUT2D eigenvalue weighted by Gasteiger charge is -2.10. The topological polar surface area (TPSA) is 91.1 Å². The van der Waals surface area contributed by atoms with Crippen molar-refractivity contribution >= 4 is 38.2 Å². The summed E-state index contributed by atoms with van der Waals surface area (Å²) in [6.07, 6.45) is 0. The Labute approximate surface area is 139 Å². The molecule has 3 rings (SSSR count). The highest BCUT2D eigenvalue weighted by atomic mass is 32.2. The monoisotopic (exact) mass is 343 g/mol. The lowest BCUT2D eigenvalue weighted by atomic mass is 10.2. The average molecular weight is 343 g/mol. The molecular weight excluding hydrogens is 326 g/mol. The molecule has 3 aromatic rings. The minimum absolute atomic E-state index is 0.126. The van der Waals surface area contributed by atoms with Gasteiger partial charge in [-0.2, -0.15) is 0 Å². The van der Waals surface area contributed by atoms with Crippen molar-refractivity contribution in [2.24, 2.45) is 0 Å². The van der Waals surface area contributed by atoms with Crippen molar-refractivity contribution in [3.8, 4) is 0 Å². The van der Waals surface area contributed by atoms with Crippen molar-refractivity contribution < 1.29 is 13.2 Å². The number of carbonyl (C=O) groups excluding carboxylic acids is 1. The smallest absolute Gasteiger partial charge is 0.261 e. The number of aromatic nitrogens is 1. The van der Waals surface area contributed by atoms with E-state index in [1.807, 2.05) is 19.1 Å². The van der Waals surface area contributed by atoms with Gasteiger partial charge in [0.15, 0.2) is 0 Å². The van der Waals surface area contributed by atoms with Crippen LogP contribution in [0.15, 0.2) is 53.4 Å². The van der Waals surface area contributed by atoms with Crippen LogP contribution < -0.4 is 10.0 Å². The summed E-state index contributed by atoms with van der Waals surface area (Å²) in [7, 11) is -3.72. The average Bonchev–Trinajstić information content (AvgIpc) is 2.88. The Morgan fingerprint density at radius 1 is 1.08 bits per heavy atom. The van der Waals surface area contributed by atoms with Crippen LogP contribution in [0, 0.1) is 6.92 Å². The predicted octanol–water partition coefficient (Wildman–Crippen LogP) is 3.24. The normalized spacial score (nSPS) is 11.4. The number of nitrogens with one attached hydrogen (secondary N) is 3. The number of amides is 1. The Morgan fingerprint density at radius 3 is 2.46 bits per heavy atom. The van der Waals surface area contributed by atoms with Crippen LogP contribution in [-0.4, -0.2) is 19.3 Å². The number of hydrogen-bond donors (Lipinski definition) is 3. The highest BCUT2D eigenvalue weighted by molar-refractivity contribution is 7.92. The minimum Gasteiger partial charge on any atom is -0.359 e. The summed E-state index contributed by atoms with van der Waals surface area (Å²) >= 11 is 0. The van der Waals surface area contributed by atoms with Crippen LogP contribution in [0.3, 0.4) is 0 Å². The molecule has 1 amide bonds. The molecule has 124 valence electrons. The van der Waals surface area contributed by atoms with E-state index in [1.54, 1.807) is 24.3 Å². The van der Waals surface area contributed by atoms with Gasteiger partial charge in [0.1, 0.15) is 0 Å². The second-order valence-corrected chi connectivity index (χ2v) is 7.21. The van der Waals surface area contributed by atoms with Crippen molar-refractivity contribution in [3.63, 3.8) is 0 Å². The number of anilines is 2. The summed E-state index contributed by atoms with van der Waals surface area (Å²) in [5, 5.41) is 3.42. The molecule has 0 atom stereocenters. The second kappa shape index (κ2) is 6.01. The number of H-pyrrole nitrogens is 1. The fourth-order valence-corrected chi connectivity index (χ4v) is 3.59. The molecule has 7 heteroatoms. The van der Waals surface area contributed by atoms with Gasteiger partial charge >= 0.3 is 0 Å². The van der Waals surface area contributed by atoms with Gasteiger partial charge in [-0.3, -0.25) is 9.52 Å². The number of rotatable bonds is 4. The highest BCUT2D eigenvalue weighted by Crippen LogP contribution is 2.26. The van der Waals surface area contributed by atoms with E-state index >= 15 is 0 Å². The molecule has 1 aromatic heterocycles. The van der Waals surface area contributed by atoms with Crippen LogP contribution in [0.2, 0.25) is 0 Å². The molecule has 24 heavy (non-hydrogen) atoms. The van der Waals surface area contributed by atoms with Gasteiger partial charge < -0.3 is 10.3 Å². The number of hydrogen-bond acceptors (Lipinski definition) is 3. The predicted molar refractivity (Wildman–Crippen MR) is 94.6 cm³/mol. The van der Waals surface area contributed by atoms with Gasteiger partial charge in [0, 0.05) is 29.2 Å². The summed E-state index contributed by atoms with van der Waals surface area (Å²) in [5.74, 6) is -0.210. The van der Waals surface area contributed by atoms with Gasteiger partial charge in [0.25, 0.3) is 10.0 Å². The van der Waals surface area contributed by atoms with E-state index in [2.05, 4.69) is 15.0 Å². The number of carbonyl (C=O) groups is 1. The molecule has 0 aliphatic rings. The molecule has 0 fully saturated rings. The fraction of sp³-hybridized carbons (Fsp3) is 0.118. The van der Waals surface area contributed by atoms with Crippen LogP contribution >= 0.6 is 0 Å². The van der Waals surface area contributed by atoms with Gasteiger partial charge in [-0.05, 0) is 49.4 Å². The summed E-state index contributed by atoms with van der Waals surface area (Å²) in [6, 6.07) is 13.3. The van der Waals surface area contributed by atoms with Crippen LogP contribution in [0.25, 0.3) is 10.9 Å². The summed E-state index contributed by atoms with van der Waals surface area (Å²) in [6.45, 7) is 3.31. The van der Waals surface area contributed by atoms with E-state index in [-0.39, 0.29) is 10.8 Å². The largest absolute Gasteiger partial charge is 0.359 e. The van der Waals surface area contributed by atoms with Gasteiger partial charge in [0.2, 0.25) is 5.91 Å². The van der Waals surface area contributed by atoms with Crippen molar-refractivity contribution in [3.05, 3.63) is 54.2 Å². The number of aryl methyl sites for hydroxylation is 1. The molecule has 0 aliphatic carbocycles. The zero-order valence-electron chi connectivity index (χ0n) is 13.3. The first kappa shape index (κ1) is 16.1. The molecule has 0 radical (unpaired) electrons. The molecule has 0 saturated heterocycles. The van der Waals surface area contributed by atoms with Crippen molar-refractivity contribution in [1.82, 2.24) is 4.98 Å². The lowest BCUT2D eigenvalue weighted by Crippen LogP contribution is -2.13. The quantitative estimate of drug-likeness (QED) is 0.679. The Hall–Kier alpha value is -2.80. The van der Waals surface area contributed by atoms with E-state index in [9.17, 15) is 13.2 Å². The first-order valence-corrected chi connectivity index (χ1v) is 8.82. The van der Waals surface area contributed by atoms with E-state index in [0.29, 0.717) is 11.4 Å². The Morgan fingerprint density at radius 2 is 1.79 bits per heavy atom. The third-order valence-electron chi connectivity index (χ3n) is 3.53. The molecule has 0 spiro atoms. The first-order chi connectivity index (χ1) is 11.3. The lowest BCUT2D eigenvalue weighted by molar-refractivity contribution is -0.114. The third-order valence-corrected chi connectivity index (χ3v) is 4.91. The molecule has 6 nitrogen and oxygen atoms in total. The number of aromatic amines is 1. The first-order valence-electron chi connectivity index (χ1n) is 7.34. The molecule has 0 bridgehead atoms. The highest BCUT2D eigenvalue weighted by Gasteiger charge is 2.16. The maximum atomic E-state index is 12.6. The van der Waals surface area contributed by atoms with E-state index < -0.39 is 10.0 Å². The van der Waals surface area contributed by atoms with Crippen molar-refractivity contribution in [2.75, 3.05) is 10.0 Å². The van der Waals surface area contributed by atoms with Crippen LogP contribution in [-0.2, 0) is 14.8 Å². The molecule has 1 heterocycles. The molecule has 2 aromatic carbocycles. The van der Waals surface area contributed by atoms with Gasteiger partial charge in [-0.25, -0.2) is 8.42 Å². The molecule has 0 saturated carbocycles. The van der Waals surface area contributed by atoms with Gasteiger partial charge in [-0.15, -0.1) is 0 Å². The number of benzene rings is 2. The molecule has 0 unspecified atom stereocenters. The second-order valence-electron chi connectivity index (χ2n) is 5.53. The molecular formula is C17H17N3O3S. The summed E-state index contributed by atoms with van der Waals surface area (Å²) in [5.41, 5.74) is 2.89. The van der Waals surface area contributed by atoms with Crippen LogP contribution in [0.5, 0.6) is 0 Å². The van der Waals surface area contributed by atoms with E-state index in [1.165, 1.54) is 19.1 Å². The van der Waals surface area contributed by atoms with Crippen molar-refractivity contribution in [2.45, 2.75) is 18.7 Å². The Bertz CT molecular complexity index is 1010. The summed E-state index contributed by atoms with van der Waals surface area (Å²) in [4.78, 5) is 14.3. The van der Waals surface area contributed by atoms with Crippen LogP contribution in [0.4, 0.5) is 11.4 Å². The molecule has 0 aliphatic heterocycles. The van der Waals surface area contributed by atoms with E-state index in [4.69, 9.17) is 0 Å². The van der Waals surface area contributed by atoms with Crippen molar-refractivity contribution in [1.29, 1.82) is 0 Å². The number of sulfonamides is 1. The fourth-order valence-electron chi connectivity index (χ4n) is 2.51. The maximum absolute atomic E-state index is 12.6. The van der Waals surface area contributed by atoms with Gasteiger partial charge in [0.05, 0.1) is 10.6 Å². The Balaban J connectivity index is 1.91. The zero-order chi connectivity index (χ0) is 17.3. The standard InChI is InChI=1S/C17H17N3O3S/c1-11-10-15-16(18-11)4-3-5-17(15)20-24(22,23)14-8-6-13(7-9-14)19-12(2)21/h3-10,18,20H,1-2H3,(H,19,21). The number of fused-ring (bicyclic) bond motifs is 1. The summed E-state index contributed by atoms with van der Waals surface area (Å²) < 4.78 is 27.8. The van der Waals surface area contributed by atoms with E-state index in [0.717, 1.165) is 16.6 Å². The zero-order valence-corrected chi connectivity index (χ0v) is 14.1.